The molecule has 0 amide bonds. The number of pyridine rings is 1. The standard InChI is InChI=1S/C13H17ClN4/c1-9-6-13(18(3)17-9)12(15-2)7-10-4-5-16-8-11(10)14/h4-6,8,12,15H,7H2,1-3H3. The zero-order valence-electron chi connectivity index (χ0n) is 10.8. The van der Waals surface area contributed by atoms with Gasteiger partial charge in [-0.15, -0.1) is 0 Å². The van der Waals surface area contributed by atoms with Crippen LogP contribution in [-0.4, -0.2) is 21.8 Å². The molecule has 0 aliphatic heterocycles. The first-order chi connectivity index (χ1) is 8.61. The molecule has 2 aromatic rings. The first kappa shape index (κ1) is 13.1. The fraction of sp³-hybridized carbons (Fsp3) is 0.385. The van der Waals surface area contributed by atoms with Crippen molar-refractivity contribution in [2.24, 2.45) is 7.05 Å². The lowest BCUT2D eigenvalue weighted by Crippen LogP contribution is -2.21. The van der Waals surface area contributed by atoms with Gasteiger partial charge in [0.1, 0.15) is 0 Å². The van der Waals surface area contributed by atoms with E-state index in [1.807, 2.05) is 31.8 Å². The van der Waals surface area contributed by atoms with Crippen LogP contribution in [0.4, 0.5) is 0 Å². The van der Waals surface area contributed by atoms with Crippen LogP contribution < -0.4 is 5.32 Å². The second kappa shape index (κ2) is 5.50. The van der Waals surface area contributed by atoms with E-state index in [4.69, 9.17) is 11.6 Å². The van der Waals surface area contributed by atoms with Crippen molar-refractivity contribution >= 4 is 11.6 Å². The van der Waals surface area contributed by atoms with Gasteiger partial charge in [0.2, 0.25) is 0 Å². The summed E-state index contributed by atoms with van der Waals surface area (Å²) in [5.41, 5.74) is 3.27. The van der Waals surface area contributed by atoms with Crippen LogP contribution in [0, 0.1) is 6.92 Å². The van der Waals surface area contributed by atoms with Gasteiger partial charge in [-0.3, -0.25) is 9.67 Å². The molecule has 0 spiro atoms. The highest BCUT2D eigenvalue weighted by Crippen LogP contribution is 2.22. The average Bonchev–Trinajstić information content (AvgIpc) is 2.67. The Balaban J connectivity index is 2.25. The van der Waals surface area contributed by atoms with Crippen LogP contribution in [0.5, 0.6) is 0 Å². The number of aromatic nitrogens is 3. The first-order valence-electron chi connectivity index (χ1n) is 5.88. The maximum Gasteiger partial charge on any atom is 0.0622 e. The maximum atomic E-state index is 6.15. The van der Waals surface area contributed by atoms with Crippen LogP contribution in [0.25, 0.3) is 0 Å². The number of rotatable bonds is 4. The average molecular weight is 265 g/mol. The van der Waals surface area contributed by atoms with Gasteiger partial charge in [0.25, 0.3) is 0 Å². The lowest BCUT2D eigenvalue weighted by Gasteiger charge is -2.17. The van der Waals surface area contributed by atoms with E-state index in [0.717, 1.165) is 23.4 Å². The number of halogens is 1. The van der Waals surface area contributed by atoms with Gasteiger partial charge >= 0.3 is 0 Å². The van der Waals surface area contributed by atoms with E-state index >= 15 is 0 Å². The molecule has 2 heterocycles. The van der Waals surface area contributed by atoms with E-state index in [1.165, 1.54) is 0 Å². The van der Waals surface area contributed by atoms with Crippen molar-refractivity contribution in [1.82, 2.24) is 20.1 Å². The number of nitrogens with one attached hydrogen (secondary N) is 1. The Labute approximate surface area is 112 Å². The Morgan fingerprint density at radius 1 is 1.50 bits per heavy atom. The Bertz CT molecular complexity index is 536. The Morgan fingerprint density at radius 2 is 2.28 bits per heavy atom. The van der Waals surface area contributed by atoms with E-state index in [9.17, 15) is 0 Å². The van der Waals surface area contributed by atoms with Crippen molar-refractivity contribution in [2.75, 3.05) is 7.05 Å². The van der Waals surface area contributed by atoms with E-state index in [1.54, 1.807) is 12.4 Å². The summed E-state index contributed by atoms with van der Waals surface area (Å²) in [7, 11) is 3.91. The third kappa shape index (κ3) is 2.71. The summed E-state index contributed by atoms with van der Waals surface area (Å²) in [6.45, 7) is 2.00. The van der Waals surface area contributed by atoms with Crippen molar-refractivity contribution in [1.29, 1.82) is 0 Å². The molecule has 5 heteroatoms. The molecule has 0 saturated heterocycles. The molecule has 1 atom stereocenters. The highest BCUT2D eigenvalue weighted by molar-refractivity contribution is 6.31. The molecule has 1 unspecified atom stereocenters. The smallest absolute Gasteiger partial charge is 0.0622 e. The largest absolute Gasteiger partial charge is 0.311 e. The third-order valence-electron chi connectivity index (χ3n) is 3.02. The van der Waals surface area contributed by atoms with Gasteiger partial charge < -0.3 is 5.32 Å². The van der Waals surface area contributed by atoms with Gasteiger partial charge in [0.15, 0.2) is 0 Å². The van der Waals surface area contributed by atoms with Crippen LogP contribution in [0.15, 0.2) is 24.5 Å². The van der Waals surface area contributed by atoms with Gasteiger partial charge in [-0.1, -0.05) is 11.6 Å². The van der Waals surface area contributed by atoms with Crippen molar-refractivity contribution < 1.29 is 0 Å². The van der Waals surface area contributed by atoms with Crippen LogP contribution >= 0.6 is 11.6 Å². The minimum Gasteiger partial charge on any atom is -0.311 e. The molecule has 0 aliphatic carbocycles. The van der Waals surface area contributed by atoms with Crippen molar-refractivity contribution in [3.63, 3.8) is 0 Å². The highest BCUT2D eigenvalue weighted by atomic mass is 35.5. The predicted molar refractivity (Wildman–Crippen MR) is 72.7 cm³/mol. The van der Waals surface area contributed by atoms with Gasteiger partial charge in [0, 0.05) is 19.4 Å². The molecule has 2 aromatic heterocycles. The normalized spacial score (nSPS) is 12.7. The quantitative estimate of drug-likeness (QED) is 0.921. The molecular weight excluding hydrogens is 248 g/mol. The summed E-state index contributed by atoms with van der Waals surface area (Å²) in [4.78, 5) is 4.00. The summed E-state index contributed by atoms with van der Waals surface area (Å²) >= 11 is 6.15. The Hall–Kier alpha value is -1.39. The summed E-state index contributed by atoms with van der Waals surface area (Å²) in [6.07, 6.45) is 4.26. The minimum atomic E-state index is 0.191. The number of hydrogen-bond acceptors (Lipinski definition) is 3. The third-order valence-corrected chi connectivity index (χ3v) is 3.36. The number of nitrogens with zero attached hydrogens (tertiary/aromatic N) is 3. The first-order valence-corrected chi connectivity index (χ1v) is 6.25. The lowest BCUT2D eigenvalue weighted by atomic mass is 10.0. The van der Waals surface area contributed by atoms with E-state index in [0.29, 0.717) is 5.02 Å². The Kier molecular flexibility index (Phi) is 3.99. The molecule has 4 nitrogen and oxygen atoms in total. The van der Waals surface area contributed by atoms with Crippen LogP contribution in [0.2, 0.25) is 5.02 Å². The topological polar surface area (TPSA) is 42.7 Å². The highest BCUT2D eigenvalue weighted by Gasteiger charge is 2.16. The molecule has 0 fully saturated rings. The lowest BCUT2D eigenvalue weighted by molar-refractivity contribution is 0.537. The zero-order chi connectivity index (χ0) is 13.1. The SMILES string of the molecule is CNC(Cc1ccncc1Cl)c1cc(C)nn1C. The number of hydrogen-bond donors (Lipinski definition) is 1. The molecule has 0 aliphatic rings. The van der Waals surface area contributed by atoms with Gasteiger partial charge in [-0.2, -0.15) is 5.10 Å². The molecule has 0 aromatic carbocycles. The molecule has 18 heavy (non-hydrogen) atoms. The van der Waals surface area contributed by atoms with E-state index < -0.39 is 0 Å². The summed E-state index contributed by atoms with van der Waals surface area (Å²) in [5.74, 6) is 0. The second-order valence-electron chi connectivity index (χ2n) is 4.35. The van der Waals surface area contributed by atoms with Gasteiger partial charge in [-0.25, -0.2) is 0 Å². The molecule has 0 saturated carbocycles. The summed E-state index contributed by atoms with van der Waals surface area (Å²) in [5, 5.41) is 8.39. The second-order valence-corrected chi connectivity index (χ2v) is 4.75. The summed E-state index contributed by atoms with van der Waals surface area (Å²) < 4.78 is 1.91. The maximum absolute atomic E-state index is 6.15. The predicted octanol–water partition coefficient (Wildman–Crippen LogP) is 2.28. The Morgan fingerprint density at radius 3 is 2.83 bits per heavy atom. The monoisotopic (exact) mass is 264 g/mol. The van der Waals surface area contributed by atoms with Gasteiger partial charge in [0.05, 0.1) is 22.5 Å². The fourth-order valence-corrected chi connectivity index (χ4v) is 2.30. The minimum absolute atomic E-state index is 0.191. The van der Waals surface area contributed by atoms with Gasteiger partial charge in [-0.05, 0) is 38.1 Å². The van der Waals surface area contributed by atoms with Crippen LogP contribution in [-0.2, 0) is 13.5 Å². The number of likely N-dealkylation sites (N-methyl/N-ethyl adjacent to an activating group) is 1. The molecular formula is C13H17ClN4. The molecule has 0 radical (unpaired) electrons. The summed E-state index contributed by atoms with van der Waals surface area (Å²) in [6, 6.07) is 4.24. The zero-order valence-corrected chi connectivity index (χ0v) is 11.6. The fourth-order valence-electron chi connectivity index (χ4n) is 2.10. The van der Waals surface area contributed by atoms with E-state index in [-0.39, 0.29) is 6.04 Å². The van der Waals surface area contributed by atoms with Crippen molar-refractivity contribution in [2.45, 2.75) is 19.4 Å². The van der Waals surface area contributed by atoms with Crippen molar-refractivity contribution in [3.05, 3.63) is 46.5 Å². The molecule has 96 valence electrons. The molecule has 1 N–H and O–H groups in total. The van der Waals surface area contributed by atoms with E-state index in [2.05, 4.69) is 21.5 Å². The molecule has 0 bridgehead atoms. The molecule has 2 rings (SSSR count). The number of aryl methyl sites for hydroxylation is 2. The van der Waals surface area contributed by atoms with Crippen molar-refractivity contribution in [3.8, 4) is 0 Å². The van der Waals surface area contributed by atoms with Crippen LogP contribution in [0.1, 0.15) is 23.0 Å². The van der Waals surface area contributed by atoms with Crippen LogP contribution in [0.3, 0.4) is 0 Å².